The van der Waals surface area contributed by atoms with E-state index in [1.807, 2.05) is 43.3 Å². The molecule has 0 fully saturated rings. The second-order valence-electron chi connectivity index (χ2n) is 5.26. The van der Waals surface area contributed by atoms with Crippen LogP contribution in [0.2, 0.25) is 0 Å². The van der Waals surface area contributed by atoms with Crippen LogP contribution in [0, 0.1) is 6.92 Å². The van der Waals surface area contributed by atoms with Gasteiger partial charge in [0.2, 0.25) is 0 Å². The van der Waals surface area contributed by atoms with E-state index in [0.717, 1.165) is 15.7 Å². The fourth-order valence-electron chi connectivity index (χ4n) is 2.19. The Labute approximate surface area is 130 Å². The number of nitrogens with zero attached hydrogens (tertiary/aromatic N) is 3. The zero-order valence-corrected chi connectivity index (χ0v) is 13.3. The summed E-state index contributed by atoms with van der Waals surface area (Å²) >= 11 is 1.23. The summed E-state index contributed by atoms with van der Waals surface area (Å²) < 4.78 is 1.63. The minimum absolute atomic E-state index is 0.311. The molecule has 3 rings (SSSR count). The van der Waals surface area contributed by atoms with Crippen LogP contribution >= 0.6 is 11.3 Å². The first-order valence-electron chi connectivity index (χ1n) is 6.78. The topological polar surface area (TPSA) is 54.7 Å². The van der Waals surface area contributed by atoms with E-state index in [-0.39, 0.29) is 11.1 Å². The van der Waals surface area contributed by atoms with Crippen molar-refractivity contribution >= 4 is 28.1 Å². The SMILES string of the molecule is Cc1cc(=O)n2c(=O)/c(=C\c3ccc(N(C)C)cc3)sc2n1. The lowest BCUT2D eigenvalue weighted by atomic mass is 10.2. The van der Waals surface area contributed by atoms with Crippen molar-refractivity contribution < 1.29 is 0 Å². The van der Waals surface area contributed by atoms with Crippen LogP contribution in [-0.2, 0) is 0 Å². The smallest absolute Gasteiger partial charge is 0.277 e. The van der Waals surface area contributed by atoms with Gasteiger partial charge in [0.25, 0.3) is 11.1 Å². The summed E-state index contributed by atoms with van der Waals surface area (Å²) in [6.07, 6.45) is 1.79. The molecule has 2 heterocycles. The van der Waals surface area contributed by atoms with Crippen molar-refractivity contribution in [3.8, 4) is 0 Å². The van der Waals surface area contributed by atoms with Gasteiger partial charge < -0.3 is 4.90 Å². The van der Waals surface area contributed by atoms with E-state index in [1.165, 1.54) is 17.4 Å². The highest BCUT2D eigenvalue weighted by Gasteiger charge is 2.07. The number of benzene rings is 1. The molecule has 1 aromatic carbocycles. The van der Waals surface area contributed by atoms with Gasteiger partial charge in [-0.2, -0.15) is 0 Å². The molecule has 0 spiro atoms. The Kier molecular flexibility index (Phi) is 3.54. The zero-order valence-electron chi connectivity index (χ0n) is 12.5. The van der Waals surface area contributed by atoms with Crippen molar-refractivity contribution in [3.63, 3.8) is 0 Å². The second kappa shape index (κ2) is 5.38. The van der Waals surface area contributed by atoms with E-state index < -0.39 is 0 Å². The number of fused-ring (bicyclic) bond motifs is 1. The molecule has 0 radical (unpaired) electrons. The third-order valence-corrected chi connectivity index (χ3v) is 4.31. The van der Waals surface area contributed by atoms with Crippen molar-refractivity contribution in [2.75, 3.05) is 19.0 Å². The highest BCUT2D eigenvalue weighted by Crippen LogP contribution is 2.12. The third-order valence-electron chi connectivity index (χ3n) is 3.34. The molecule has 5 nitrogen and oxygen atoms in total. The highest BCUT2D eigenvalue weighted by molar-refractivity contribution is 7.15. The fraction of sp³-hybridized carbons (Fsp3) is 0.188. The molecule has 0 N–H and O–H groups in total. The summed E-state index contributed by atoms with van der Waals surface area (Å²) in [4.78, 5) is 30.9. The lowest BCUT2D eigenvalue weighted by Gasteiger charge is -2.11. The molecular weight excluding hydrogens is 298 g/mol. The van der Waals surface area contributed by atoms with Gasteiger partial charge in [-0.1, -0.05) is 23.5 Å². The molecule has 6 heteroatoms. The van der Waals surface area contributed by atoms with Crippen molar-refractivity contribution in [2.45, 2.75) is 6.92 Å². The predicted molar refractivity (Wildman–Crippen MR) is 89.9 cm³/mol. The van der Waals surface area contributed by atoms with Gasteiger partial charge in [-0.15, -0.1) is 0 Å². The number of aromatic nitrogens is 2. The molecule has 0 unspecified atom stereocenters. The van der Waals surface area contributed by atoms with Gasteiger partial charge in [0, 0.05) is 31.5 Å². The van der Waals surface area contributed by atoms with Gasteiger partial charge >= 0.3 is 0 Å². The van der Waals surface area contributed by atoms with Gasteiger partial charge in [-0.25, -0.2) is 9.38 Å². The molecule has 0 saturated carbocycles. The highest BCUT2D eigenvalue weighted by atomic mass is 32.1. The molecular formula is C16H15N3O2S. The van der Waals surface area contributed by atoms with Crippen molar-refractivity contribution in [1.29, 1.82) is 0 Å². The Hall–Kier alpha value is -2.47. The molecule has 0 bridgehead atoms. The Morgan fingerprint density at radius 3 is 2.50 bits per heavy atom. The first-order chi connectivity index (χ1) is 10.5. The molecule has 3 aromatic rings. The fourth-order valence-corrected chi connectivity index (χ4v) is 3.21. The van der Waals surface area contributed by atoms with Gasteiger partial charge in [0.05, 0.1) is 4.53 Å². The Morgan fingerprint density at radius 2 is 1.86 bits per heavy atom. The number of rotatable bonds is 2. The number of anilines is 1. The zero-order chi connectivity index (χ0) is 15.9. The van der Waals surface area contributed by atoms with Crippen molar-refractivity contribution in [3.05, 3.63) is 66.8 Å². The van der Waals surface area contributed by atoms with Crippen LogP contribution in [0.4, 0.5) is 5.69 Å². The van der Waals surface area contributed by atoms with Gasteiger partial charge in [0.1, 0.15) is 0 Å². The van der Waals surface area contributed by atoms with Crippen LogP contribution in [0.1, 0.15) is 11.3 Å². The predicted octanol–water partition coefficient (Wildman–Crippen LogP) is 1.04. The summed E-state index contributed by atoms with van der Waals surface area (Å²) in [5, 5.41) is 0. The van der Waals surface area contributed by atoms with E-state index in [1.54, 1.807) is 13.0 Å². The molecule has 112 valence electrons. The number of thiazole rings is 1. The minimum Gasteiger partial charge on any atom is -0.378 e. The van der Waals surface area contributed by atoms with Crippen LogP contribution in [-0.4, -0.2) is 23.5 Å². The van der Waals surface area contributed by atoms with E-state index in [9.17, 15) is 9.59 Å². The number of hydrogen-bond donors (Lipinski definition) is 0. The molecule has 0 atom stereocenters. The lowest BCUT2D eigenvalue weighted by Crippen LogP contribution is -2.30. The maximum Gasteiger partial charge on any atom is 0.277 e. The molecule has 22 heavy (non-hydrogen) atoms. The summed E-state index contributed by atoms with van der Waals surface area (Å²) in [7, 11) is 3.95. The number of hydrogen-bond acceptors (Lipinski definition) is 5. The summed E-state index contributed by atoms with van der Waals surface area (Å²) in [5.41, 5.74) is 1.98. The van der Waals surface area contributed by atoms with E-state index in [2.05, 4.69) is 4.98 Å². The average molecular weight is 313 g/mol. The molecule has 0 amide bonds. The third kappa shape index (κ3) is 2.53. The first kappa shape index (κ1) is 14.5. The molecule has 0 aliphatic carbocycles. The Balaban J connectivity index is 2.17. The van der Waals surface area contributed by atoms with Gasteiger partial charge in [0.15, 0.2) is 4.96 Å². The van der Waals surface area contributed by atoms with Gasteiger partial charge in [-0.05, 0) is 30.7 Å². The first-order valence-corrected chi connectivity index (χ1v) is 7.60. The summed E-state index contributed by atoms with van der Waals surface area (Å²) in [6.45, 7) is 1.74. The van der Waals surface area contributed by atoms with Crippen molar-refractivity contribution in [2.24, 2.45) is 0 Å². The minimum atomic E-state index is -0.327. The molecule has 0 aliphatic rings. The van der Waals surface area contributed by atoms with Crippen LogP contribution < -0.4 is 20.6 Å². The average Bonchev–Trinajstić information content (AvgIpc) is 2.75. The van der Waals surface area contributed by atoms with Gasteiger partial charge in [-0.3, -0.25) is 9.59 Å². The standard InChI is InChI=1S/C16H15N3O2S/c1-10-8-14(20)19-15(21)13(22-16(19)17-10)9-11-4-6-12(7-5-11)18(2)3/h4-9H,1-3H3/b13-9+. The van der Waals surface area contributed by atoms with E-state index in [4.69, 9.17) is 0 Å². The lowest BCUT2D eigenvalue weighted by molar-refractivity contribution is 1.00. The summed E-state index contributed by atoms with van der Waals surface area (Å²) in [6, 6.07) is 9.23. The normalized spacial score (nSPS) is 12.0. The maximum atomic E-state index is 12.3. The summed E-state index contributed by atoms with van der Waals surface area (Å²) in [5.74, 6) is 0. The van der Waals surface area contributed by atoms with E-state index in [0.29, 0.717) is 15.2 Å². The number of aryl methyl sites for hydroxylation is 1. The maximum absolute atomic E-state index is 12.3. The Bertz CT molecular complexity index is 1000. The van der Waals surface area contributed by atoms with Crippen molar-refractivity contribution in [1.82, 2.24) is 9.38 Å². The van der Waals surface area contributed by atoms with Crippen LogP contribution in [0.25, 0.3) is 11.0 Å². The van der Waals surface area contributed by atoms with Crippen LogP contribution in [0.3, 0.4) is 0 Å². The Morgan fingerprint density at radius 1 is 1.18 bits per heavy atom. The van der Waals surface area contributed by atoms with Crippen LogP contribution in [0.15, 0.2) is 39.9 Å². The molecule has 2 aromatic heterocycles. The quantitative estimate of drug-likeness (QED) is 0.709. The monoisotopic (exact) mass is 313 g/mol. The van der Waals surface area contributed by atoms with E-state index >= 15 is 0 Å². The van der Waals surface area contributed by atoms with Crippen LogP contribution in [0.5, 0.6) is 0 Å². The second-order valence-corrected chi connectivity index (χ2v) is 6.26. The molecule has 0 aliphatic heterocycles. The largest absolute Gasteiger partial charge is 0.378 e. The molecule has 0 saturated heterocycles.